The van der Waals surface area contributed by atoms with Gasteiger partial charge in [-0.05, 0) is 86.4 Å². The Bertz CT molecular complexity index is 1830. The molecule has 2 aliphatic heterocycles. The number of hydrogen-bond acceptors (Lipinski definition) is 3. The van der Waals surface area contributed by atoms with Crippen molar-refractivity contribution < 1.29 is 9.47 Å². The van der Waals surface area contributed by atoms with Crippen LogP contribution >= 0.6 is 0 Å². The minimum atomic E-state index is 0.0214. The molecular weight excluding hydrogens is 477 g/mol. The first kappa shape index (κ1) is 23.3. The Balaban J connectivity index is 0.00000124. The van der Waals surface area contributed by atoms with Gasteiger partial charge in [0.25, 0.3) is 6.71 Å². The molecule has 0 unspecified atom stereocenters. The van der Waals surface area contributed by atoms with Crippen molar-refractivity contribution in [1.82, 2.24) is 4.98 Å². The van der Waals surface area contributed by atoms with Crippen molar-refractivity contribution in [2.24, 2.45) is 0 Å². The molecule has 4 heteroatoms. The maximum absolute atomic E-state index is 6.45. The minimum absolute atomic E-state index is 0.0214. The number of hydrogen-bond donors (Lipinski definition) is 0. The summed E-state index contributed by atoms with van der Waals surface area (Å²) < 4.78 is 12.9. The summed E-state index contributed by atoms with van der Waals surface area (Å²) in [4.78, 5) is 4.16. The minimum Gasteiger partial charge on any atom is -0.458 e. The summed E-state index contributed by atoms with van der Waals surface area (Å²) in [6, 6.07) is 38.2. The van der Waals surface area contributed by atoms with Crippen LogP contribution in [0.15, 0.2) is 122 Å². The van der Waals surface area contributed by atoms with E-state index in [0.717, 1.165) is 45.1 Å². The first-order valence-corrected chi connectivity index (χ1v) is 13.5. The average molecular weight is 503 g/mol. The van der Waals surface area contributed by atoms with Crippen LogP contribution in [0.5, 0.6) is 23.0 Å². The quantitative estimate of drug-likeness (QED) is 0.232. The smallest absolute Gasteiger partial charge is 0.261 e. The molecule has 5 aromatic carbocycles. The summed E-state index contributed by atoms with van der Waals surface area (Å²) in [7, 11) is 0. The second-order valence-corrected chi connectivity index (χ2v) is 9.57. The summed E-state index contributed by atoms with van der Waals surface area (Å²) in [5.41, 5.74) is 8.11. The molecule has 3 nitrogen and oxygen atoms in total. The lowest BCUT2D eigenvalue weighted by Crippen LogP contribution is -2.57. The van der Waals surface area contributed by atoms with E-state index in [1.54, 1.807) is 0 Å². The van der Waals surface area contributed by atoms with Crippen molar-refractivity contribution in [3.8, 4) is 45.3 Å². The molecule has 0 atom stereocenters. The SMILES string of the molecule is CC.c1cc(-c2ccncc2)cc(-c2ccc3c(c2)B2c4c(cccc4Oc4ccc5ccccc5c42)O3)c1. The standard InChI is InChI=1S/C33H20BNO2.C2H6/c1-2-8-26-22(5-1)11-14-31-32(26)34-27-20-25(24-7-3-6-23(19-24)21-15-17-35-18-16-21)12-13-28(27)36-29-9-4-10-30(37-31)33(29)34;1-2/h1-20H;1-2H3. The van der Waals surface area contributed by atoms with Crippen molar-refractivity contribution in [2.45, 2.75) is 13.8 Å². The Morgan fingerprint density at radius 1 is 0.513 bits per heavy atom. The van der Waals surface area contributed by atoms with Gasteiger partial charge in [0, 0.05) is 17.9 Å². The lowest BCUT2D eigenvalue weighted by atomic mass is 9.34. The molecule has 0 fully saturated rings. The van der Waals surface area contributed by atoms with Crippen LogP contribution in [0.2, 0.25) is 0 Å². The second-order valence-electron chi connectivity index (χ2n) is 9.57. The van der Waals surface area contributed by atoms with E-state index in [9.17, 15) is 0 Å². The third kappa shape index (κ3) is 3.79. The van der Waals surface area contributed by atoms with Crippen molar-refractivity contribution in [2.75, 3.05) is 0 Å². The molecule has 186 valence electrons. The zero-order valence-electron chi connectivity index (χ0n) is 21.9. The zero-order chi connectivity index (χ0) is 26.3. The second kappa shape index (κ2) is 9.48. The highest BCUT2D eigenvalue weighted by molar-refractivity contribution is 6.99. The third-order valence-corrected chi connectivity index (χ3v) is 7.50. The van der Waals surface area contributed by atoms with E-state index in [-0.39, 0.29) is 6.71 Å². The van der Waals surface area contributed by atoms with Gasteiger partial charge in [0.15, 0.2) is 0 Å². The number of fused-ring (bicyclic) bond motifs is 6. The fourth-order valence-corrected chi connectivity index (χ4v) is 5.81. The molecular formula is C35H26BNO2. The van der Waals surface area contributed by atoms with Gasteiger partial charge in [0.2, 0.25) is 0 Å². The van der Waals surface area contributed by atoms with Crippen molar-refractivity contribution in [1.29, 1.82) is 0 Å². The average Bonchev–Trinajstić information content (AvgIpc) is 3.02. The van der Waals surface area contributed by atoms with Crippen LogP contribution in [0.25, 0.3) is 33.0 Å². The van der Waals surface area contributed by atoms with Crippen LogP contribution in [-0.4, -0.2) is 11.7 Å². The highest BCUT2D eigenvalue weighted by atomic mass is 16.5. The normalized spacial score (nSPS) is 12.2. The summed E-state index contributed by atoms with van der Waals surface area (Å²) in [5, 5.41) is 2.42. The van der Waals surface area contributed by atoms with E-state index in [4.69, 9.17) is 9.47 Å². The highest BCUT2D eigenvalue weighted by Crippen LogP contribution is 2.37. The van der Waals surface area contributed by atoms with Crippen LogP contribution in [0.1, 0.15) is 13.8 Å². The van der Waals surface area contributed by atoms with Crippen molar-refractivity contribution in [3.05, 3.63) is 122 Å². The van der Waals surface area contributed by atoms with Gasteiger partial charge >= 0.3 is 0 Å². The summed E-state index contributed by atoms with van der Waals surface area (Å²) in [5.74, 6) is 3.53. The fourth-order valence-electron chi connectivity index (χ4n) is 5.81. The third-order valence-electron chi connectivity index (χ3n) is 7.50. The van der Waals surface area contributed by atoms with E-state index in [0.29, 0.717) is 0 Å². The molecule has 2 aliphatic rings. The Morgan fingerprint density at radius 3 is 1.97 bits per heavy atom. The monoisotopic (exact) mass is 503 g/mol. The van der Waals surface area contributed by atoms with Gasteiger partial charge in [-0.2, -0.15) is 0 Å². The molecule has 1 aromatic heterocycles. The van der Waals surface area contributed by atoms with Gasteiger partial charge < -0.3 is 9.47 Å². The van der Waals surface area contributed by atoms with Crippen molar-refractivity contribution in [3.63, 3.8) is 0 Å². The molecule has 0 saturated carbocycles. The van der Waals surface area contributed by atoms with E-state index in [1.165, 1.54) is 27.4 Å². The number of pyridine rings is 1. The van der Waals surface area contributed by atoms with E-state index in [2.05, 4.69) is 83.8 Å². The number of benzene rings is 5. The van der Waals surface area contributed by atoms with Gasteiger partial charge in [0.05, 0.1) is 0 Å². The highest BCUT2D eigenvalue weighted by Gasteiger charge is 2.41. The van der Waals surface area contributed by atoms with Gasteiger partial charge in [-0.25, -0.2) is 0 Å². The fraction of sp³-hybridized carbons (Fsp3) is 0.0571. The maximum Gasteiger partial charge on any atom is 0.261 e. The predicted octanol–water partition coefficient (Wildman–Crippen LogP) is 7.32. The molecule has 0 bridgehead atoms. The number of nitrogens with zero attached hydrogens (tertiary/aromatic N) is 1. The Hall–Kier alpha value is -4.83. The summed E-state index contributed by atoms with van der Waals surface area (Å²) in [6.07, 6.45) is 3.67. The summed E-state index contributed by atoms with van der Waals surface area (Å²) >= 11 is 0. The molecule has 39 heavy (non-hydrogen) atoms. The molecule has 0 saturated heterocycles. The van der Waals surface area contributed by atoms with Gasteiger partial charge in [-0.15, -0.1) is 0 Å². The number of ether oxygens (including phenoxy) is 2. The first-order valence-electron chi connectivity index (χ1n) is 13.5. The lowest BCUT2D eigenvalue weighted by molar-refractivity contribution is 0.465. The maximum atomic E-state index is 6.45. The summed E-state index contributed by atoms with van der Waals surface area (Å²) in [6.45, 7) is 4.02. The molecule has 6 aromatic rings. The number of rotatable bonds is 2. The Labute approximate surface area is 228 Å². The zero-order valence-corrected chi connectivity index (χ0v) is 21.9. The molecule has 0 radical (unpaired) electrons. The van der Waals surface area contributed by atoms with E-state index in [1.807, 2.05) is 56.6 Å². The Morgan fingerprint density at radius 2 is 1.15 bits per heavy atom. The molecule has 0 aliphatic carbocycles. The molecule has 0 amide bonds. The van der Waals surface area contributed by atoms with Crippen LogP contribution in [0.4, 0.5) is 0 Å². The topological polar surface area (TPSA) is 31.4 Å². The van der Waals surface area contributed by atoms with Crippen LogP contribution < -0.4 is 25.9 Å². The van der Waals surface area contributed by atoms with Crippen LogP contribution in [0.3, 0.4) is 0 Å². The van der Waals surface area contributed by atoms with E-state index >= 15 is 0 Å². The predicted molar refractivity (Wildman–Crippen MR) is 162 cm³/mol. The largest absolute Gasteiger partial charge is 0.458 e. The molecule has 0 spiro atoms. The number of aromatic nitrogens is 1. The van der Waals surface area contributed by atoms with Crippen LogP contribution in [0, 0.1) is 0 Å². The van der Waals surface area contributed by atoms with Crippen LogP contribution in [-0.2, 0) is 0 Å². The molecule has 3 heterocycles. The van der Waals surface area contributed by atoms with Gasteiger partial charge in [-0.3, -0.25) is 4.98 Å². The molecule has 8 rings (SSSR count). The Kier molecular flexibility index (Phi) is 5.67. The first-order chi connectivity index (χ1) is 19.3. The van der Waals surface area contributed by atoms with Crippen molar-refractivity contribution >= 4 is 33.9 Å². The van der Waals surface area contributed by atoms with E-state index < -0.39 is 0 Å². The van der Waals surface area contributed by atoms with Gasteiger partial charge in [-0.1, -0.05) is 80.6 Å². The lowest BCUT2D eigenvalue weighted by Gasteiger charge is -2.33. The molecule has 0 N–H and O–H groups in total. The van der Waals surface area contributed by atoms with Gasteiger partial charge in [0.1, 0.15) is 23.0 Å².